The second kappa shape index (κ2) is 8.23. The predicted molar refractivity (Wildman–Crippen MR) is 77.0 cm³/mol. The van der Waals surface area contributed by atoms with Crippen molar-refractivity contribution in [1.82, 2.24) is 4.98 Å². The molecule has 0 amide bonds. The number of aliphatic hydroxyl groups excluding tert-OH is 1. The fourth-order valence-electron chi connectivity index (χ4n) is 1.92. The Morgan fingerprint density at radius 1 is 1.22 bits per heavy atom. The quantitative estimate of drug-likeness (QED) is 0.439. The van der Waals surface area contributed by atoms with Crippen molar-refractivity contribution in [1.29, 1.82) is 0 Å². The molecule has 0 aliphatic heterocycles. The normalized spacial score (nSPS) is 12.2. The molecule has 0 saturated heterocycles. The van der Waals surface area contributed by atoms with Gasteiger partial charge in [-0.2, -0.15) is 0 Å². The molecule has 23 heavy (non-hydrogen) atoms. The lowest BCUT2D eigenvalue weighted by Crippen LogP contribution is -2.56. The van der Waals surface area contributed by atoms with Gasteiger partial charge in [-0.3, -0.25) is 9.78 Å². The van der Waals surface area contributed by atoms with Gasteiger partial charge in [-0.15, -0.1) is 0 Å². The summed E-state index contributed by atoms with van der Waals surface area (Å²) in [6.07, 6.45) is 0.845. The fourth-order valence-corrected chi connectivity index (χ4v) is 1.92. The smallest absolute Gasteiger partial charge is 0.365 e. The van der Waals surface area contributed by atoms with Crippen LogP contribution in [0.4, 0.5) is 0 Å². The number of carbonyl (C=O) groups excluding carboxylic acids is 3. The van der Waals surface area contributed by atoms with E-state index in [0.717, 1.165) is 6.92 Å². The first-order chi connectivity index (χ1) is 10.9. The molecule has 8 nitrogen and oxygen atoms in total. The number of aliphatic hydroxyl groups is 1. The molecule has 0 radical (unpaired) electrons. The van der Waals surface area contributed by atoms with E-state index in [1.807, 2.05) is 0 Å². The van der Waals surface area contributed by atoms with E-state index in [1.54, 1.807) is 0 Å². The zero-order valence-corrected chi connectivity index (χ0v) is 13.1. The van der Waals surface area contributed by atoms with Gasteiger partial charge in [0, 0.05) is 24.9 Å². The van der Waals surface area contributed by atoms with Gasteiger partial charge in [-0.1, -0.05) is 6.07 Å². The zero-order valence-electron chi connectivity index (χ0n) is 13.1. The number of nitrogens with zero attached hydrogens (tertiary/aromatic N) is 1. The van der Waals surface area contributed by atoms with Gasteiger partial charge in [0.1, 0.15) is 6.10 Å². The third kappa shape index (κ3) is 4.04. The van der Waals surface area contributed by atoms with Crippen LogP contribution >= 0.6 is 0 Å². The zero-order chi connectivity index (χ0) is 17.5. The van der Waals surface area contributed by atoms with Crippen LogP contribution in [0.2, 0.25) is 0 Å². The lowest BCUT2D eigenvalue weighted by Gasteiger charge is -2.32. The minimum Gasteiger partial charge on any atom is -0.462 e. The van der Waals surface area contributed by atoms with Crippen LogP contribution in [0.3, 0.4) is 0 Å². The topological polar surface area (TPSA) is 112 Å². The molecule has 1 N–H and O–H groups in total. The van der Waals surface area contributed by atoms with Gasteiger partial charge in [0.05, 0.1) is 13.2 Å². The molecule has 0 aromatic carbocycles. The van der Waals surface area contributed by atoms with Crippen LogP contribution in [0.1, 0.15) is 32.4 Å². The minimum absolute atomic E-state index is 0.0823. The Labute approximate surface area is 133 Å². The van der Waals surface area contributed by atoms with Crippen molar-refractivity contribution in [2.24, 2.45) is 0 Å². The number of esters is 3. The SMILES string of the molecule is CCOC(=O)C(OC(C)=O)(C(=O)OCC)[C@H](O)c1cccnc1. The van der Waals surface area contributed by atoms with Crippen LogP contribution in [-0.4, -0.2) is 46.8 Å². The maximum absolute atomic E-state index is 12.4. The van der Waals surface area contributed by atoms with E-state index in [9.17, 15) is 19.5 Å². The number of rotatable bonds is 7. The molecular weight excluding hydrogens is 306 g/mol. The number of aromatic nitrogens is 1. The Morgan fingerprint density at radius 3 is 2.17 bits per heavy atom. The van der Waals surface area contributed by atoms with Crippen molar-refractivity contribution < 1.29 is 33.7 Å². The molecule has 0 aliphatic carbocycles. The molecule has 1 aromatic rings. The lowest BCUT2D eigenvalue weighted by molar-refractivity contribution is -0.209. The Hall–Kier alpha value is -2.48. The second-order valence-corrected chi connectivity index (χ2v) is 4.46. The summed E-state index contributed by atoms with van der Waals surface area (Å²) in [6, 6.07) is 2.92. The van der Waals surface area contributed by atoms with Gasteiger partial charge < -0.3 is 19.3 Å². The Balaban J connectivity index is 3.43. The van der Waals surface area contributed by atoms with Gasteiger partial charge in [-0.05, 0) is 19.9 Å². The summed E-state index contributed by atoms with van der Waals surface area (Å²) < 4.78 is 14.6. The average Bonchev–Trinajstić information content (AvgIpc) is 2.53. The molecule has 0 saturated carbocycles. The molecule has 1 heterocycles. The van der Waals surface area contributed by atoms with Crippen molar-refractivity contribution in [2.75, 3.05) is 13.2 Å². The summed E-state index contributed by atoms with van der Waals surface area (Å²) in [5, 5.41) is 10.6. The summed E-state index contributed by atoms with van der Waals surface area (Å²) >= 11 is 0. The van der Waals surface area contributed by atoms with E-state index in [2.05, 4.69) is 4.98 Å². The van der Waals surface area contributed by atoms with Crippen LogP contribution in [0.15, 0.2) is 24.5 Å². The van der Waals surface area contributed by atoms with Gasteiger partial charge in [0.25, 0.3) is 0 Å². The number of hydrogen-bond donors (Lipinski definition) is 1. The largest absolute Gasteiger partial charge is 0.462 e. The highest BCUT2D eigenvalue weighted by Crippen LogP contribution is 2.32. The molecule has 1 aromatic heterocycles. The molecule has 1 rings (SSSR count). The van der Waals surface area contributed by atoms with Crippen molar-refractivity contribution in [2.45, 2.75) is 32.5 Å². The van der Waals surface area contributed by atoms with Crippen LogP contribution in [0.25, 0.3) is 0 Å². The summed E-state index contributed by atoms with van der Waals surface area (Å²) in [4.78, 5) is 40.0. The summed E-state index contributed by atoms with van der Waals surface area (Å²) in [5.74, 6) is -3.39. The van der Waals surface area contributed by atoms with Crippen LogP contribution in [0.5, 0.6) is 0 Å². The highest BCUT2D eigenvalue weighted by Gasteiger charge is 2.59. The van der Waals surface area contributed by atoms with Gasteiger partial charge in [0.2, 0.25) is 0 Å². The fraction of sp³-hybridized carbons (Fsp3) is 0.467. The van der Waals surface area contributed by atoms with E-state index in [4.69, 9.17) is 14.2 Å². The van der Waals surface area contributed by atoms with Crippen LogP contribution < -0.4 is 0 Å². The van der Waals surface area contributed by atoms with Gasteiger partial charge >= 0.3 is 23.5 Å². The van der Waals surface area contributed by atoms with E-state index >= 15 is 0 Å². The van der Waals surface area contributed by atoms with Crippen molar-refractivity contribution in [3.63, 3.8) is 0 Å². The van der Waals surface area contributed by atoms with Crippen LogP contribution in [0, 0.1) is 0 Å². The Kier molecular flexibility index (Phi) is 6.65. The van der Waals surface area contributed by atoms with Gasteiger partial charge in [-0.25, -0.2) is 9.59 Å². The maximum Gasteiger partial charge on any atom is 0.365 e. The monoisotopic (exact) mass is 325 g/mol. The summed E-state index contributed by atoms with van der Waals surface area (Å²) in [5.41, 5.74) is -2.56. The number of pyridine rings is 1. The van der Waals surface area contributed by atoms with Crippen molar-refractivity contribution >= 4 is 17.9 Å². The molecule has 0 bridgehead atoms. The highest BCUT2D eigenvalue weighted by atomic mass is 16.6. The molecular formula is C15H19NO7. The summed E-state index contributed by atoms with van der Waals surface area (Å²) in [6.45, 7) is 3.86. The lowest BCUT2D eigenvalue weighted by atomic mass is 9.91. The second-order valence-electron chi connectivity index (χ2n) is 4.46. The first-order valence-electron chi connectivity index (χ1n) is 7.02. The van der Waals surface area contributed by atoms with E-state index in [1.165, 1.54) is 38.4 Å². The molecule has 0 aliphatic rings. The molecule has 0 unspecified atom stereocenters. The van der Waals surface area contributed by atoms with Crippen LogP contribution in [-0.2, 0) is 28.6 Å². The molecule has 8 heteroatoms. The van der Waals surface area contributed by atoms with E-state index < -0.39 is 29.6 Å². The summed E-state index contributed by atoms with van der Waals surface area (Å²) in [7, 11) is 0. The molecule has 126 valence electrons. The first kappa shape index (κ1) is 18.6. The number of ether oxygens (including phenoxy) is 3. The molecule has 0 spiro atoms. The van der Waals surface area contributed by atoms with Crippen molar-refractivity contribution in [3.8, 4) is 0 Å². The maximum atomic E-state index is 12.4. The third-order valence-electron chi connectivity index (χ3n) is 2.85. The van der Waals surface area contributed by atoms with Crippen molar-refractivity contribution in [3.05, 3.63) is 30.1 Å². The predicted octanol–water partition coefficient (Wildman–Crippen LogP) is 0.543. The Bertz CT molecular complexity index is 540. The number of carbonyl (C=O) groups is 3. The minimum atomic E-state index is -2.65. The van der Waals surface area contributed by atoms with Gasteiger partial charge in [0.15, 0.2) is 0 Å². The highest BCUT2D eigenvalue weighted by molar-refractivity contribution is 6.06. The third-order valence-corrected chi connectivity index (χ3v) is 2.85. The standard InChI is InChI=1S/C15H19NO7/c1-4-21-13(19)15(23-10(3)17,14(20)22-5-2)12(18)11-7-6-8-16-9-11/h6-9,12,18H,4-5H2,1-3H3/t12-/m1/s1. The molecule has 0 fully saturated rings. The Morgan fingerprint density at radius 2 is 1.78 bits per heavy atom. The van der Waals surface area contributed by atoms with E-state index in [0.29, 0.717) is 0 Å². The number of hydrogen-bond acceptors (Lipinski definition) is 8. The first-order valence-corrected chi connectivity index (χ1v) is 7.02. The molecule has 1 atom stereocenters. The van der Waals surface area contributed by atoms with E-state index in [-0.39, 0.29) is 18.8 Å². The average molecular weight is 325 g/mol.